The molecule has 0 radical (unpaired) electrons. The molecule has 1 aromatic rings. The summed E-state index contributed by atoms with van der Waals surface area (Å²) in [5.74, 6) is 0.596. The Morgan fingerprint density at radius 2 is 2.19 bits per heavy atom. The van der Waals surface area contributed by atoms with E-state index in [2.05, 4.69) is 12.2 Å². The molecule has 3 heteroatoms. The maximum absolute atomic E-state index is 11.8. The molecule has 86 valence electrons. The molecule has 1 aliphatic rings. The second-order valence-corrected chi connectivity index (χ2v) is 4.41. The molecule has 1 aromatic carbocycles. The van der Waals surface area contributed by atoms with E-state index in [9.17, 15) is 4.79 Å². The van der Waals surface area contributed by atoms with Crippen molar-refractivity contribution in [1.29, 1.82) is 0 Å². The van der Waals surface area contributed by atoms with Crippen molar-refractivity contribution in [1.82, 2.24) is 5.32 Å². The number of benzene rings is 1. The van der Waals surface area contributed by atoms with E-state index >= 15 is 0 Å². The van der Waals surface area contributed by atoms with Crippen LogP contribution in [0.3, 0.4) is 0 Å². The Morgan fingerprint density at radius 3 is 2.75 bits per heavy atom. The first-order valence-corrected chi connectivity index (χ1v) is 5.83. The highest BCUT2D eigenvalue weighted by molar-refractivity contribution is 5.83. The summed E-state index contributed by atoms with van der Waals surface area (Å²) in [5.41, 5.74) is 6.76. The number of amides is 1. The summed E-state index contributed by atoms with van der Waals surface area (Å²) in [6.07, 6.45) is 2.23. The van der Waals surface area contributed by atoms with E-state index in [1.54, 1.807) is 0 Å². The Morgan fingerprint density at radius 1 is 1.50 bits per heavy atom. The van der Waals surface area contributed by atoms with Gasteiger partial charge >= 0.3 is 0 Å². The lowest BCUT2D eigenvalue weighted by atomic mass is 10.1. The molecular weight excluding hydrogens is 200 g/mol. The van der Waals surface area contributed by atoms with Crippen LogP contribution in [0.25, 0.3) is 0 Å². The van der Waals surface area contributed by atoms with Gasteiger partial charge in [-0.05, 0) is 17.9 Å². The predicted octanol–water partition coefficient (Wildman–Crippen LogP) is 1.60. The van der Waals surface area contributed by atoms with Crippen molar-refractivity contribution < 1.29 is 4.79 Å². The van der Waals surface area contributed by atoms with Gasteiger partial charge in [-0.2, -0.15) is 0 Å². The molecule has 2 rings (SSSR count). The monoisotopic (exact) mass is 218 g/mol. The topological polar surface area (TPSA) is 55.1 Å². The Hall–Kier alpha value is -1.35. The van der Waals surface area contributed by atoms with Crippen LogP contribution in [0.5, 0.6) is 0 Å². The van der Waals surface area contributed by atoms with E-state index in [-0.39, 0.29) is 5.91 Å². The zero-order chi connectivity index (χ0) is 11.5. The third-order valence-electron chi connectivity index (χ3n) is 3.22. The smallest absolute Gasteiger partial charge is 0.241 e. The van der Waals surface area contributed by atoms with Gasteiger partial charge in [0, 0.05) is 6.04 Å². The van der Waals surface area contributed by atoms with Gasteiger partial charge in [-0.3, -0.25) is 4.79 Å². The van der Waals surface area contributed by atoms with E-state index in [0.29, 0.717) is 12.0 Å². The molecule has 0 bridgehead atoms. The number of hydrogen-bond donors (Lipinski definition) is 2. The minimum atomic E-state index is -0.542. The van der Waals surface area contributed by atoms with E-state index < -0.39 is 6.04 Å². The number of hydrogen-bond acceptors (Lipinski definition) is 2. The van der Waals surface area contributed by atoms with Crippen LogP contribution in [-0.4, -0.2) is 11.9 Å². The fourth-order valence-corrected chi connectivity index (χ4v) is 1.96. The number of nitrogens with one attached hydrogen (secondary N) is 1. The van der Waals surface area contributed by atoms with Crippen molar-refractivity contribution in [3.63, 3.8) is 0 Å². The number of rotatable bonds is 4. The van der Waals surface area contributed by atoms with E-state index in [1.807, 2.05) is 30.3 Å². The molecule has 3 atom stereocenters. The summed E-state index contributed by atoms with van der Waals surface area (Å²) in [6, 6.07) is 9.29. The number of carbonyl (C=O) groups is 1. The van der Waals surface area contributed by atoms with Crippen LogP contribution in [0.15, 0.2) is 30.3 Å². The van der Waals surface area contributed by atoms with Crippen LogP contribution in [0.2, 0.25) is 0 Å². The minimum absolute atomic E-state index is 0.0628. The van der Waals surface area contributed by atoms with Crippen LogP contribution in [0.4, 0.5) is 0 Å². The molecule has 1 amide bonds. The zero-order valence-corrected chi connectivity index (χ0v) is 9.52. The first-order chi connectivity index (χ1) is 7.72. The molecule has 1 saturated carbocycles. The lowest BCUT2D eigenvalue weighted by Gasteiger charge is -2.12. The van der Waals surface area contributed by atoms with Gasteiger partial charge < -0.3 is 11.1 Å². The molecule has 16 heavy (non-hydrogen) atoms. The summed E-state index contributed by atoms with van der Waals surface area (Å²) in [6.45, 7) is 2.15. The molecular formula is C13H18N2O. The van der Waals surface area contributed by atoms with Crippen molar-refractivity contribution in [2.45, 2.75) is 31.8 Å². The Bertz CT molecular complexity index is 363. The maximum Gasteiger partial charge on any atom is 0.241 e. The van der Waals surface area contributed by atoms with Crippen LogP contribution in [0, 0.1) is 5.92 Å². The lowest BCUT2D eigenvalue weighted by Crippen LogP contribution is -2.36. The summed E-state index contributed by atoms with van der Waals surface area (Å²) < 4.78 is 0. The second kappa shape index (κ2) is 4.66. The zero-order valence-electron chi connectivity index (χ0n) is 9.52. The van der Waals surface area contributed by atoms with Crippen molar-refractivity contribution in [3.05, 3.63) is 35.9 Å². The summed E-state index contributed by atoms with van der Waals surface area (Å²) in [7, 11) is 0. The molecule has 0 saturated heterocycles. The Labute approximate surface area is 96.0 Å². The van der Waals surface area contributed by atoms with Crippen LogP contribution >= 0.6 is 0 Å². The van der Waals surface area contributed by atoms with Crippen molar-refractivity contribution in [2.24, 2.45) is 11.7 Å². The predicted molar refractivity (Wildman–Crippen MR) is 63.7 cm³/mol. The van der Waals surface area contributed by atoms with Crippen LogP contribution in [-0.2, 0) is 4.79 Å². The summed E-state index contributed by atoms with van der Waals surface area (Å²) in [4.78, 5) is 11.8. The summed E-state index contributed by atoms with van der Waals surface area (Å²) in [5, 5.41) is 2.99. The average Bonchev–Trinajstić information content (AvgIpc) is 3.07. The van der Waals surface area contributed by atoms with Crippen molar-refractivity contribution in [3.8, 4) is 0 Å². The van der Waals surface area contributed by atoms with Gasteiger partial charge in [-0.1, -0.05) is 43.7 Å². The lowest BCUT2D eigenvalue weighted by molar-refractivity contribution is -0.122. The van der Waals surface area contributed by atoms with E-state index in [4.69, 9.17) is 5.73 Å². The molecule has 0 aromatic heterocycles. The van der Waals surface area contributed by atoms with Crippen LogP contribution < -0.4 is 11.1 Å². The van der Waals surface area contributed by atoms with E-state index in [1.165, 1.54) is 0 Å². The molecule has 1 aliphatic carbocycles. The van der Waals surface area contributed by atoms with Gasteiger partial charge in [0.1, 0.15) is 6.04 Å². The molecule has 1 fully saturated rings. The van der Waals surface area contributed by atoms with Gasteiger partial charge in [0.05, 0.1) is 0 Å². The largest absolute Gasteiger partial charge is 0.351 e. The van der Waals surface area contributed by atoms with Crippen molar-refractivity contribution in [2.75, 3.05) is 0 Å². The Kier molecular flexibility index (Phi) is 3.25. The highest BCUT2D eigenvalue weighted by Gasteiger charge is 2.37. The SMILES string of the molecule is CCC1CC1NC(=O)C(N)c1ccccc1. The first kappa shape index (κ1) is 11.1. The average molecular weight is 218 g/mol. The third kappa shape index (κ3) is 2.42. The highest BCUT2D eigenvalue weighted by Crippen LogP contribution is 2.33. The quantitative estimate of drug-likeness (QED) is 0.806. The fraction of sp³-hybridized carbons (Fsp3) is 0.462. The minimum Gasteiger partial charge on any atom is -0.351 e. The molecule has 3 N–H and O–H groups in total. The number of carbonyl (C=O) groups excluding carboxylic acids is 1. The van der Waals surface area contributed by atoms with Gasteiger partial charge in [-0.25, -0.2) is 0 Å². The Balaban J connectivity index is 1.90. The number of nitrogens with two attached hydrogens (primary N) is 1. The molecule has 0 spiro atoms. The fourth-order valence-electron chi connectivity index (χ4n) is 1.96. The normalized spacial score (nSPS) is 24.9. The molecule has 3 unspecified atom stereocenters. The van der Waals surface area contributed by atoms with Crippen LogP contribution in [0.1, 0.15) is 31.4 Å². The highest BCUT2D eigenvalue weighted by atomic mass is 16.2. The van der Waals surface area contributed by atoms with Gasteiger partial charge in [0.2, 0.25) is 5.91 Å². The molecule has 0 aliphatic heterocycles. The maximum atomic E-state index is 11.8. The summed E-state index contributed by atoms with van der Waals surface area (Å²) >= 11 is 0. The second-order valence-electron chi connectivity index (χ2n) is 4.41. The first-order valence-electron chi connectivity index (χ1n) is 5.83. The van der Waals surface area contributed by atoms with Gasteiger partial charge in [-0.15, -0.1) is 0 Å². The van der Waals surface area contributed by atoms with E-state index in [0.717, 1.165) is 18.4 Å². The molecule has 0 heterocycles. The molecule has 3 nitrogen and oxygen atoms in total. The standard InChI is InChI=1S/C13H18N2O/c1-2-9-8-11(9)15-13(16)12(14)10-6-4-3-5-7-10/h3-7,9,11-12H,2,8,14H2,1H3,(H,15,16). The van der Waals surface area contributed by atoms with Gasteiger partial charge in [0.25, 0.3) is 0 Å². The van der Waals surface area contributed by atoms with Gasteiger partial charge in [0.15, 0.2) is 0 Å². The van der Waals surface area contributed by atoms with Crippen molar-refractivity contribution >= 4 is 5.91 Å². The third-order valence-corrected chi connectivity index (χ3v) is 3.22.